The lowest BCUT2D eigenvalue weighted by molar-refractivity contribution is -0.126. The predicted molar refractivity (Wildman–Crippen MR) is 101 cm³/mol. The Hall–Kier alpha value is -2.43. The molecule has 2 aliphatic rings. The minimum absolute atomic E-state index is 0.0126. The SMILES string of the molecule is Cc1ccc2cc(C(=O)N3CCCC(C(=O)NC4CC4)C3)c(C)nc2c1. The number of likely N-dealkylation sites (tertiary alicyclic amines) is 1. The average Bonchev–Trinajstić information content (AvgIpc) is 3.44. The molecule has 0 radical (unpaired) electrons. The van der Waals surface area contributed by atoms with Gasteiger partial charge < -0.3 is 10.2 Å². The van der Waals surface area contributed by atoms with E-state index in [0.717, 1.165) is 47.8 Å². The Morgan fingerprint density at radius 3 is 2.73 bits per heavy atom. The lowest BCUT2D eigenvalue weighted by atomic mass is 9.96. The summed E-state index contributed by atoms with van der Waals surface area (Å²) in [4.78, 5) is 31.9. The minimum Gasteiger partial charge on any atom is -0.353 e. The summed E-state index contributed by atoms with van der Waals surface area (Å²) in [5.41, 5.74) is 3.46. The van der Waals surface area contributed by atoms with Crippen LogP contribution in [0.1, 0.15) is 47.3 Å². The molecule has 136 valence electrons. The maximum Gasteiger partial charge on any atom is 0.255 e. The van der Waals surface area contributed by atoms with Gasteiger partial charge in [0.05, 0.1) is 22.7 Å². The van der Waals surface area contributed by atoms with E-state index < -0.39 is 0 Å². The molecule has 1 unspecified atom stereocenters. The van der Waals surface area contributed by atoms with Crippen molar-refractivity contribution in [2.75, 3.05) is 13.1 Å². The minimum atomic E-state index is -0.0929. The highest BCUT2D eigenvalue weighted by Crippen LogP contribution is 2.24. The lowest BCUT2D eigenvalue weighted by Crippen LogP contribution is -2.46. The molecular formula is C21H25N3O2. The highest BCUT2D eigenvalue weighted by atomic mass is 16.2. The summed E-state index contributed by atoms with van der Waals surface area (Å²) >= 11 is 0. The van der Waals surface area contributed by atoms with Gasteiger partial charge in [-0.2, -0.15) is 0 Å². The third kappa shape index (κ3) is 3.43. The number of pyridine rings is 1. The molecule has 2 heterocycles. The second kappa shape index (κ2) is 6.71. The molecule has 1 saturated heterocycles. The van der Waals surface area contributed by atoms with E-state index in [9.17, 15) is 9.59 Å². The fraction of sp³-hybridized carbons (Fsp3) is 0.476. The summed E-state index contributed by atoms with van der Waals surface area (Å²) in [7, 11) is 0. The summed E-state index contributed by atoms with van der Waals surface area (Å²) in [5.74, 6) is -0.0000909. The largest absolute Gasteiger partial charge is 0.353 e. The summed E-state index contributed by atoms with van der Waals surface area (Å²) in [6.45, 7) is 5.13. The van der Waals surface area contributed by atoms with Crippen LogP contribution in [0.3, 0.4) is 0 Å². The van der Waals surface area contributed by atoms with Crippen LogP contribution < -0.4 is 5.32 Å². The molecule has 1 aliphatic heterocycles. The zero-order chi connectivity index (χ0) is 18.3. The number of hydrogen-bond donors (Lipinski definition) is 1. The smallest absolute Gasteiger partial charge is 0.255 e. The molecule has 0 bridgehead atoms. The van der Waals surface area contributed by atoms with Gasteiger partial charge in [0.1, 0.15) is 0 Å². The van der Waals surface area contributed by atoms with Crippen LogP contribution in [0.5, 0.6) is 0 Å². The van der Waals surface area contributed by atoms with E-state index in [-0.39, 0.29) is 17.7 Å². The fourth-order valence-corrected chi connectivity index (χ4v) is 3.68. The first-order valence-corrected chi connectivity index (χ1v) is 9.49. The maximum atomic E-state index is 13.1. The van der Waals surface area contributed by atoms with E-state index >= 15 is 0 Å². The molecule has 5 nitrogen and oxygen atoms in total. The van der Waals surface area contributed by atoms with Crippen LogP contribution in [0.2, 0.25) is 0 Å². The number of benzene rings is 1. The van der Waals surface area contributed by atoms with Gasteiger partial charge in [-0.15, -0.1) is 0 Å². The van der Waals surface area contributed by atoms with Gasteiger partial charge in [0, 0.05) is 24.5 Å². The first-order chi connectivity index (χ1) is 12.5. The number of fused-ring (bicyclic) bond motifs is 1. The van der Waals surface area contributed by atoms with E-state index in [0.29, 0.717) is 24.7 Å². The molecule has 1 atom stereocenters. The Kier molecular flexibility index (Phi) is 4.39. The van der Waals surface area contributed by atoms with Crippen LogP contribution in [-0.2, 0) is 4.79 Å². The van der Waals surface area contributed by atoms with Crippen LogP contribution in [0, 0.1) is 19.8 Å². The number of nitrogens with zero attached hydrogens (tertiary/aromatic N) is 2. The number of amides is 2. The third-order valence-electron chi connectivity index (χ3n) is 5.40. The van der Waals surface area contributed by atoms with Gasteiger partial charge >= 0.3 is 0 Å². The Bertz CT molecular complexity index is 873. The topological polar surface area (TPSA) is 62.3 Å². The van der Waals surface area contributed by atoms with Crippen LogP contribution in [0.4, 0.5) is 0 Å². The molecule has 1 aromatic heterocycles. The summed E-state index contributed by atoms with van der Waals surface area (Å²) in [6, 6.07) is 8.38. The second-order valence-corrected chi connectivity index (χ2v) is 7.69. The first kappa shape index (κ1) is 17.0. The standard InChI is InChI=1S/C21H25N3O2/c1-13-5-6-15-11-18(14(2)22-19(15)10-13)21(26)24-9-3-4-16(12-24)20(25)23-17-7-8-17/h5-6,10-11,16-17H,3-4,7-9,12H2,1-2H3,(H,23,25). The molecule has 0 spiro atoms. The molecule has 26 heavy (non-hydrogen) atoms. The Morgan fingerprint density at radius 1 is 1.15 bits per heavy atom. The van der Waals surface area contributed by atoms with Gasteiger partial charge in [-0.1, -0.05) is 12.1 Å². The van der Waals surface area contributed by atoms with Crippen molar-refractivity contribution in [2.45, 2.75) is 45.6 Å². The number of aryl methyl sites for hydroxylation is 2. The van der Waals surface area contributed by atoms with Crippen LogP contribution in [0.25, 0.3) is 10.9 Å². The molecule has 2 aromatic rings. The molecule has 1 aromatic carbocycles. The van der Waals surface area contributed by atoms with Gasteiger partial charge in [0.15, 0.2) is 0 Å². The van der Waals surface area contributed by atoms with Crippen molar-refractivity contribution < 1.29 is 9.59 Å². The molecule has 1 aliphatic carbocycles. The van der Waals surface area contributed by atoms with E-state index in [1.165, 1.54) is 0 Å². The normalized spacial score (nSPS) is 20.2. The van der Waals surface area contributed by atoms with Gasteiger partial charge in [0.25, 0.3) is 5.91 Å². The van der Waals surface area contributed by atoms with E-state index in [4.69, 9.17) is 0 Å². The van der Waals surface area contributed by atoms with Crippen molar-refractivity contribution in [3.63, 3.8) is 0 Å². The van der Waals surface area contributed by atoms with Crippen LogP contribution in [0.15, 0.2) is 24.3 Å². The maximum absolute atomic E-state index is 13.1. The Labute approximate surface area is 153 Å². The highest BCUT2D eigenvalue weighted by molar-refractivity contribution is 5.99. The quantitative estimate of drug-likeness (QED) is 0.925. The monoisotopic (exact) mass is 351 g/mol. The summed E-state index contributed by atoms with van der Waals surface area (Å²) in [5, 5.41) is 4.05. The zero-order valence-electron chi connectivity index (χ0n) is 15.4. The van der Waals surface area contributed by atoms with Crippen LogP contribution in [-0.4, -0.2) is 40.8 Å². The van der Waals surface area contributed by atoms with Crippen LogP contribution >= 0.6 is 0 Å². The number of carbonyl (C=O) groups is 2. The number of piperidine rings is 1. The molecule has 1 N–H and O–H groups in total. The van der Waals surface area contributed by atoms with E-state index in [1.54, 1.807) is 0 Å². The van der Waals surface area contributed by atoms with E-state index in [1.807, 2.05) is 43.0 Å². The molecular weight excluding hydrogens is 326 g/mol. The van der Waals surface area contributed by atoms with Crippen molar-refractivity contribution in [3.05, 3.63) is 41.1 Å². The number of hydrogen-bond acceptors (Lipinski definition) is 3. The zero-order valence-corrected chi connectivity index (χ0v) is 15.4. The fourth-order valence-electron chi connectivity index (χ4n) is 3.68. The average molecular weight is 351 g/mol. The Balaban J connectivity index is 1.54. The third-order valence-corrected chi connectivity index (χ3v) is 5.40. The van der Waals surface area contributed by atoms with Gasteiger partial charge in [-0.25, -0.2) is 0 Å². The molecule has 1 saturated carbocycles. The van der Waals surface area contributed by atoms with Gasteiger partial charge in [0.2, 0.25) is 5.91 Å². The number of rotatable bonds is 3. The van der Waals surface area contributed by atoms with Crippen molar-refractivity contribution >= 4 is 22.7 Å². The van der Waals surface area contributed by atoms with Gasteiger partial charge in [-0.3, -0.25) is 14.6 Å². The van der Waals surface area contributed by atoms with Crippen molar-refractivity contribution in [1.82, 2.24) is 15.2 Å². The van der Waals surface area contributed by atoms with Gasteiger partial charge in [-0.05, 0) is 57.2 Å². The highest BCUT2D eigenvalue weighted by Gasteiger charge is 2.32. The number of carbonyl (C=O) groups excluding carboxylic acids is 2. The summed E-state index contributed by atoms with van der Waals surface area (Å²) in [6.07, 6.45) is 3.90. The first-order valence-electron chi connectivity index (χ1n) is 9.49. The molecule has 2 fully saturated rings. The van der Waals surface area contributed by atoms with Crippen molar-refractivity contribution in [2.24, 2.45) is 5.92 Å². The second-order valence-electron chi connectivity index (χ2n) is 7.69. The molecule has 2 amide bonds. The summed E-state index contributed by atoms with van der Waals surface area (Å²) < 4.78 is 0. The molecule has 5 heteroatoms. The Morgan fingerprint density at radius 2 is 1.96 bits per heavy atom. The van der Waals surface area contributed by atoms with E-state index in [2.05, 4.69) is 10.3 Å². The van der Waals surface area contributed by atoms with Crippen molar-refractivity contribution in [3.8, 4) is 0 Å². The predicted octanol–water partition coefficient (Wildman–Crippen LogP) is 2.98. The van der Waals surface area contributed by atoms with Crippen molar-refractivity contribution in [1.29, 1.82) is 0 Å². The molecule has 4 rings (SSSR count). The number of nitrogens with one attached hydrogen (secondary N) is 1. The number of aromatic nitrogens is 1. The lowest BCUT2D eigenvalue weighted by Gasteiger charge is -2.32.